The molecule has 0 aromatic heterocycles. The third-order valence-corrected chi connectivity index (χ3v) is 3.45. The van der Waals surface area contributed by atoms with Crippen LogP contribution in [0.3, 0.4) is 0 Å². The minimum atomic E-state index is -0.649. The monoisotopic (exact) mass is 336 g/mol. The second-order valence-corrected chi connectivity index (χ2v) is 5.09. The van der Waals surface area contributed by atoms with E-state index < -0.39 is 10.8 Å². The summed E-state index contributed by atoms with van der Waals surface area (Å²) in [7, 11) is 0. The van der Waals surface area contributed by atoms with Crippen LogP contribution in [0.4, 0.5) is 17.1 Å². The number of nitrogens with one attached hydrogen (secondary N) is 2. The van der Waals surface area contributed by atoms with Crippen molar-refractivity contribution >= 4 is 23.0 Å². The highest BCUT2D eigenvalue weighted by Gasteiger charge is 2.12. The van der Waals surface area contributed by atoms with Crippen molar-refractivity contribution in [1.82, 2.24) is 0 Å². The number of hydrogen-bond donors (Lipinski definition) is 2. The minimum absolute atomic E-state index is 0.141. The number of benzene rings is 2. The van der Waals surface area contributed by atoms with E-state index in [0.29, 0.717) is 0 Å². The van der Waals surface area contributed by atoms with Crippen LogP contribution in [-0.4, -0.2) is 10.8 Å². The Bertz CT molecular complexity index is 869. The summed E-state index contributed by atoms with van der Waals surface area (Å²) in [5, 5.41) is 25.4. The smallest absolute Gasteiger partial charge is 0.271 e. The lowest BCUT2D eigenvalue weighted by atomic mass is 10.1. The number of nitrogens with zero attached hydrogens (tertiary/aromatic N) is 2. The molecule has 2 rings (SSSR count). The molecule has 0 aliphatic carbocycles. The highest BCUT2D eigenvalue weighted by Crippen LogP contribution is 2.18. The van der Waals surface area contributed by atoms with Crippen LogP contribution in [-0.2, 0) is 11.2 Å². The van der Waals surface area contributed by atoms with Crippen molar-refractivity contribution < 1.29 is 9.72 Å². The molecule has 7 heteroatoms. The Morgan fingerprint density at radius 1 is 1.28 bits per heavy atom. The van der Waals surface area contributed by atoms with Crippen molar-refractivity contribution in [2.24, 2.45) is 0 Å². The lowest BCUT2D eigenvalue weighted by Gasteiger charge is -2.08. The topological polar surface area (TPSA) is 108 Å². The van der Waals surface area contributed by atoms with Crippen LogP contribution in [0.2, 0.25) is 0 Å². The number of amides is 1. The molecule has 0 saturated heterocycles. The number of rotatable bonds is 6. The van der Waals surface area contributed by atoms with Crippen molar-refractivity contribution in [2.45, 2.75) is 13.3 Å². The van der Waals surface area contributed by atoms with E-state index in [1.54, 1.807) is 0 Å². The first-order valence-corrected chi connectivity index (χ1v) is 7.55. The summed E-state index contributed by atoms with van der Waals surface area (Å²) in [6.45, 7) is 2.00. The van der Waals surface area contributed by atoms with Gasteiger partial charge in [-0.05, 0) is 24.1 Å². The molecular weight excluding hydrogens is 320 g/mol. The number of nitriles is 1. The van der Waals surface area contributed by atoms with Gasteiger partial charge in [0, 0.05) is 29.7 Å². The fraction of sp³-hybridized carbons (Fsp3) is 0.111. The van der Waals surface area contributed by atoms with Crippen molar-refractivity contribution in [3.05, 3.63) is 76.0 Å². The van der Waals surface area contributed by atoms with E-state index in [-0.39, 0.29) is 16.9 Å². The molecule has 0 aliphatic rings. The van der Waals surface area contributed by atoms with Crippen LogP contribution < -0.4 is 10.6 Å². The quantitative estimate of drug-likeness (QED) is 0.362. The van der Waals surface area contributed by atoms with Crippen molar-refractivity contribution in [2.75, 3.05) is 10.6 Å². The summed E-state index contributed by atoms with van der Waals surface area (Å²) >= 11 is 0. The van der Waals surface area contributed by atoms with Gasteiger partial charge in [-0.2, -0.15) is 5.26 Å². The van der Waals surface area contributed by atoms with Gasteiger partial charge in [-0.1, -0.05) is 31.2 Å². The Kier molecular flexibility index (Phi) is 5.85. The molecule has 0 heterocycles. The van der Waals surface area contributed by atoms with Crippen LogP contribution in [0, 0.1) is 21.4 Å². The lowest BCUT2D eigenvalue weighted by Crippen LogP contribution is -2.14. The number of carbonyl (C=O) groups excluding carboxylic acids is 1. The molecule has 1 amide bonds. The third-order valence-electron chi connectivity index (χ3n) is 3.45. The van der Waals surface area contributed by atoms with Crippen LogP contribution in [0.25, 0.3) is 0 Å². The number of anilines is 2. The predicted octanol–water partition coefficient (Wildman–Crippen LogP) is 3.62. The maximum absolute atomic E-state index is 12.2. The number of carbonyl (C=O) groups is 1. The van der Waals surface area contributed by atoms with E-state index in [0.717, 1.165) is 17.7 Å². The summed E-state index contributed by atoms with van der Waals surface area (Å²) in [6.07, 6.45) is 2.12. The van der Waals surface area contributed by atoms with Crippen molar-refractivity contribution in [3.8, 4) is 6.07 Å². The Morgan fingerprint density at radius 3 is 2.72 bits per heavy atom. The molecule has 0 aliphatic heterocycles. The third kappa shape index (κ3) is 4.65. The second-order valence-electron chi connectivity index (χ2n) is 5.09. The van der Waals surface area contributed by atoms with Gasteiger partial charge in [0.25, 0.3) is 11.6 Å². The average molecular weight is 336 g/mol. The normalized spacial score (nSPS) is 10.6. The number of nitro groups is 1. The number of aryl methyl sites for hydroxylation is 1. The average Bonchev–Trinajstić information content (AvgIpc) is 2.62. The maximum Gasteiger partial charge on any atom is 0.271 e. The molecule has 0 spiro atoms. The minimum Gasteiger partial charge on any atom is -0.360 e. The van der Waals surface area contributed by atoms with E-state index in [4.69, 9.17) is 0 Å². The van der Waals surface area contributed by atoms with Crippen LogP contribution >= 0.6 is 0 Å². The van der Waals surface area contributed by atoms with Crippen molar-refractivity contribution in [1.29, 1.82) is 5.26 Å². The molecular formula is C18H16N4O3. The molecule has 2 aromatic carbocycles. The molecule has 0 radical (unpaired) electrons. The number of para-hydroxylation sites is 1. The number of non-ortho nitro benzene ring substituents is 1. The molecule has 0 fully saturated rings. The predicted molar refractivity (Wildman–Crippen MR) is 94.9 cm³/mol. The Morgan fingerprint density at radius 2 is 2.04 bits per heavy atom. The summed E-state index contributed by atoms with van der Waals surface area (Å²) < 4.78 is 0. The van der Waals surface area contributed by atoms with Gasteiger partial charge in [0.15, 0.2) is 0 Å². The van der Waals surface area contributed by atoms with Gasteiger partial charge in [0.1, 0.15) is 11.6 Å². The summed E-state index contributed by atoms with van der Waals surface area (Å²) in [5.74, 6) is -0.649. The summed E-state index contributed by atoms with van der Waals surface area (Å²) in [5.41, 5.74) is 1.82. The lowest BCUT2D eigenvalue weighted by molar-refractivity contribution is -0.384. The first-order chi connectivity index (χ1) is 12.0. The van der Waals surface area contributed by atoms with Gasteiger partial charge in [0.2, 0.25) is 0 Å². The molecule has 0 unspecified atom stereocenters. The highest BCUT2D eigenvalue weighted by atomic mass is 16.6. The van der Waals surface area contributed by atoms with Gasteiger partial charge >= 0.3 is 0 Å². The molecule has 126 valence electrons. The van der Waals surface area contributed by atoms with Crippen LogP contribution in [0.5, 0.6) is 0 Å². The van der Waals surface area contributed by atoms with Gasteiger partial charge < -0.3 is 10.6 Å². The summed E-state index contributed by atoms with van der Waals surface area (Å²) in [4.78, 5) is 22.4. The standard InChI is InChI=1S/C18H16N4O3/c1-2-13-6-3-4-9-17(13)20-12-14(11-19)18(23)21-15-7-5-8-16(10-15)22(24)25/h3-10,12,20H,2H2,1H3,(H,21,23)/b14-12-. The highest BCUT2D eigenvalue weighted by molar-refractivity contribution is 6.06. The summed E-state index contributed by atoms with van der Waals surface area (Å²) in [6, 6.07) is 14.9. The van der Waals surface area contributed by atoms with Crippen LogP contribution in [0.1, 0.15) is 12.5 Å². The molecule has 0 bridgehead atoms. The zero-order valence-corrected chi connectivity index (χ0v) is 13.5. The molecule has 2 N–H and O–H groups in total. The van der Waals surface area contributed by atoms with E-state index in [1.807, 2.05) is 37.3 Å². The molecule has 0 saturated carbocycles. The van der Waals surface area contributed by atoms with Gasteiger partial charge in [0.05, 0.1) is 4.92 Å². The molecule has 2 aromatic rings. The number of nitro benzene ring substituents is 1. The largest absolute Gasteiger partial charge is 0.360 e. The zero-order valence-electron chi connectivity index (χ0n) is 13.5. The van der Waals surface area contributed by atoms with E-state index in [1.165, 1.54) is 30.5 Å². The Hall–Kier alpha value is -3.66. The second kappa shape index (κ2) is 8.26. The van der Waals surface area contributed by atoms with E-state index in [9.17, 15) is 20.2 Å². The van der Waals surface area contributed by atoms with E-state index >= 15 is 0 Å². The van der Waals surface area contributed by atoms with Crippen LogP contribution in [0.15, 0.2) is 60.3 Å². The Labute approximate surface area is 144 Å². The SMILES string of the molecule is CCc1ccccc1N/C=C(/C#N)C(=O)Nc1cccc([N+](=O)[O-])c1. The van der Waals surface area contributed by atoms with Gasteiger partial charge in [-0.15, -0.1) is 0 Å². The molecule has 0 atom stereocenters. The first kappa shape index (κ1) is 17.7. The van der Waals surface area contributed by atoms with E-state index in [2.05, 4.69) is 10.6 Å². The molecule has 7 nitrogen and oxygen atoms in total. The van der Waals surface area contributed by atoms with Crippen molar-refractivity contribution in [3.63, 3.8) is 0 Å². The van der Waals surface area contributed by atoms with Gasteiger partial charge in [-0.3, -0.25) is 14.9 Å². The molecule has 25 heavy (non-hydrogen) atoms. The Balaban J connectivity index is 2.14. The fourth-order valence-electron chi connectivity index (χ4n) is 2.16. The first-order valence-electron chi connectivity index (χ1n) is 7.55. The number of hydrogen-bond acceptors (Lipinski definition) is 5. The zero-order chi connectivity index (χ0) is 18.2. The maximum atomic E-state index is 12.2. The van der Waals surface area contributed by atoms with Gasteiger partial charge in [-0.25, -0.2) is 0 Å². The fourth-order valence-corrected chi connectivity index (χ4v) is 2.16.